The summed E-state index contributed by atoms with van der Waals surface area (Å²) in [6.45, 7) is 6.03. The number of ether oxygens (including phenoxy) is 1. The number of sulfonamides is 1. The molecule has 1 aliphatic heterocycles. The molecule has 6 nitrogen and oxygen atoms in total. The largest absolute Gasteiger partial charge is 0.497 e. The van der Waals surface area contributed by atoms with Gasteiger partial charge < -0.3 is 9.64 Å². The van der Waals surface area contributed by atoms with E-state index >= 15 is 0 Å². The highest BCUT2D eigenvalue weighted by molar-refractivity contribution is 7.89. The number of nitrogens with zero attached hydrogens (tertiary/aromatic N) is 3. The fourth-order valence-corrected chi connectivity index (χ4v) is 7.27. The quantitative estimate of drug-likeness (QED) is 0.589. The molecule has 2 aromatic heterocycles. The van der Waals surface area contributed by atoms with Gasteiger partial charge in [0.25, 0.3) is 0 Å². The molecule has 0 amide bonds. The lowest BCUT2D eigenvalue weighted by Crippen LogP contribution is -2.48. The molecular formula is C20H23N3O3S3. The smallest absolute Gasteiger partial charge is 0.244 e. The minimum absolute atomic E-state index is 0.403. The van der Waals surface area contributed by atoms with E-state index in [2.05, 4.69) is 9.88 Å². The monoisotopic (exact) mass is 449 g/mol. The second-order valence-corrected chi connectivity index (χ2v) is 10.9. The van der Waals surface area contributed by atoms with Crippen LogP contribution in [0.3, 0.4) is 0 Å². The van der Waals surface area contributed by atoms with Gasteiger partial charge in [0.05, 0.1) is 16.9 Å². The van der Waals surface area contributed by atoms with E-state index < -0.39 is 10.0 Å². The molecule has 0 spiro atoms. The van der Waals surface area contributed by atoms with Gasteiger partial charge in [0, 0.05) is 53.9 Å². The van der Waals surface area contributed by atoms with Crippen molar-refractivity contribution in [1.29, 1.82) is 0 Å². The van der Waals surface area contributed by atoms with E-state index in [1.807, 2.05) is 43.5 Å². The molecule has 0 radical (unpaired) electrons. The van der Waals surface area contributed by atoms with Crippen LogP contribution in [0, 0.1) is 13.8 Å². The minimum atomic E-state index is -3.52. The molecule has 0 N–H and O–H groups in total. The summed E-state index contributed by atoms with van der Waals surface area (Å²) in [5.74, 6) is 0.802. The van der Waals surface area contributed by atoms with E-state index in [4.69, 9.17) is 4.74 Å². The van der Waals surface area contributed by atoms with Crippen LogP contribution in [0.2, 0.25) is 0 Å². The summed E-state index contributed by atoms with van der Waals surface area (Å²) in [5.41, 5.74) is 2.00. The van der Waals surface area contributed by atoms with Gasteiger partial charge in [0.1, 0.15) is 10.8 Å². The van der Waals surface area contributed by atoms with Crippen molar-refractivity contribution in [2.45, 2.75) is 18.7 Å². The van der Waals surface area contributed by atoms with Crippen molar-refractivity contribution in [2.75, 3.05) is 38.2 Å². The van der Waals surface area contributed by atoms with Gasteiger partial charge in [-0.25, -0.2) is 13.4 Å². The summed E-state index contributed by atoms with van der Waals surface area (Å²) in [4.78, 5) is 8.81. The summed E-state index contributed by atoms with van der Waals surface area (Å²) < 4.78 is 33.4. The van der Waals surface area contributed by atoms with Gasteiger partial charge in [0.2, 0.25) is 10.0 Å². The van der Waals surface area contributed by atoms with Crippen LogP contribution in [0.15, 0.2) is 40.6 Å². The Kier molecular flexibility index (Phi) is 5.65. The average molecular weight is 450 g/mol. The van der Waals surface area contributed by atoms with Gasteiger partial charge in [-0.2, -0.15) is 4.31 Å². The fraction of sp³-hybridized carbons (Fsp3) is 0.350. The highest BCUT2D eigenvalue weighted by Gasteiger charge is 2.31. The van der Waals surface area contributed by atoms with Crippen molar-refractivity contribution in [1.82, 2.24) is 9.29 Å². The van der Waals surface area contributed by atoms with Gasteiger partial charge >= 0.3 is 0 Å². The Hall–Kier alpha value is -1.94. The molecule has 154 valence electrons. The predicted molar refractivity (Wildman–Crippen MR) is 119 cm³/mol. The number of thiazole rings is 1. The summed E-state index contributed by atoms with van der Waals surface area (Å²) >= 11 is 3.04. The van der Waals surface area contributed by atoms with E-state index in [-0.39, 0.29) is 0 Å². The van der Waals surface area contributed by atoms with E-state index in [0.29, 0.717) is 31.1 Å². The zero-order valence-electron chi connectivity index (χ0n) is 16.6. The molecule has 1 aromatic carbocycles. The third-order valence-corrected chi connectivity index (χ3v) is 9.31. The summed E-state index contributed by atoms with van der Waals surface area (Å²) in [6.07, 6.45) is 0. The maximum absolute atomic E-state index is 13.3. The Labute approximate surface area is 179 Å². The number of anilines is 1. The van der Waals surface area contributed by atoms with Crippen molar-refractivity contribution >= 4 is 38.4 Å². The van der Waals surface area contributed by atoms with Gasteiger partial charge in [-0.1, -0.05) is 6.07 Å². The Balaban J connectivity index is 1.51. The van der Waals surface area contributed by atoms with Crippen LogP contribution in [0.1, 0.15) is 10.6 Å². The van der Waals surface area contributed by atoms with Crippen molar-refractivity contribution in [3.8, 4) is 15.6 Å². The van der Waals surface area contributed by atoms with Crippen molar-refractivity contribution < 1.29 is 13.2 Å². The highest BCUT2D eigenvalue weighted by atomic mass is 32.2. The molecular weight excluding hydrogens is 426 g/mol. The maximum atomic E-state index is 13.3. The zero-order chi connectivity index (χ0) is 20.6. The average Bonchev–Trinajstić information content (AvgIpc) is 3.34. The van der Waals surface area contributed by atoms with E-state index in [1.165, 1.54) is 11.3 Å². The number of methoxy groups -OCH3 is 1. The summed E-state index contributed by atoms with van der Waals surface area (Å²) in [6, 6.07) is 9.65. The number of piperazine rings is 1. The highest BCUT2D eigenvalue weighted by Crippen LogP contribution is 2.36. The first kappa shape index (κ1) is 20.3. The number of thiophene rings is 1. The lowest BCUT2D eigenvalue weighted by atomic mass is 10.2. The van der Waals surface area contributed by atoms with Gasteiger partial charge in [-0.05, 0) is 32.0 Å². The van der Waals surface area contributed by atoms with Crippen LogP contribution in [0.5, 0.6) is 5.75 Å². The summed E-state index contributed by atoms with van der Waals surface area (Å²) in [7, 11) is -1.88. The van der Waals surface area contributed by atoms with Crippen molar-refractivity contribution in [3.05, 3.63) is 46.3 Å². The second-order valence-electron chi connectivity index (χ2n) is 6.92. The second kappa shape index (κ2) is 8.06. The fourth-order valence-electron chi connectivity index (χ4n) is 3.43. The number of benzene rings is 1. The lowest BCUT2D eigenvalue weighted by molar-refractivity contribution is 0.384. The summed E-state index contributed by atoms with van der Waals surface area (Å²) in [5, 5.41) is 2.86. The number of hydrogen-bond donors (Lipinski definition) is 0. The van der Waals surface area contributed by atoms with E-state index in [0.717, 1.165) is 31.9 Å². The predicted octanol–water partition coefficient (Wildman–Crippen LogP) is 4.01. The number of hydrogen-bond acceptors (Lipinski definition) is 7. The third kappa shape index (κ3) is 4.05. The maximum Gasteiger partial charge on any atom is 0.244 e. The first-order chi connectivity index (χ1) is 13.9. The molecule has 0 atom stereocenters. The molecule has 29 heavy (non-hydrogen) atoms. The number of aromatic nitrogens is 1. The Morgan fingerprint density at radius 1 is 1.10 bits per heavy atom. The van der Waals surface area contributed by atoms with Crippen LogP contribution in [0.4, 0.5) is 5.69 Å². The molecule has 4 rings (SSSR count). The van der Waals surface area contributed by atoms with Crippen molar-refractivity contribution in [3.63, 3.8) is 0 Å². The molecule has 1 fully saturated rings. The number of rotatable bonds is 5. The van der Waals surface area contributed by atoms with Crippen LogP contribution >= 0.6 is 22.7 Å². The molecule has 3 heterocycles. The zero-order valence-corrected chi connectivity index (χ0v) is 19.0. The van der Waals surface area contributed by atoms with E-state index in [1.54, 1.807) is 28.8 Å². The van der Waals surface area contributed by atoms with Crippen LogP contribution in [0.25, 0.3) is 9.88 Å². The van der Waals surface area contributed by atoms with Crippen LogP contribution in [-0.2, 0) is 10.0 Å². The molecule has 0 bridgehead atoms. The Bertz CT molecular complexity index is 1110. The molecule has 0 saturated carbocycles. The molecule has 9 heteroatoms. The van der Waals surface area contributed by atoms with E-state index in [9.17, 15) is 8.42 Å². The van der Waals surface area contributed by atoms with Gasteiger partial charge in [-0.3, -0.25) is 0 Å². The van der Waals surface area contributed by atoms with Crippen LogP contribution in [-0.4, -0.2) is 51.0 Å². The minimum Gasteiger partial charge on any atom is -0.497 e. The van der Waals surface area contributed by atoms with Crippen LogP contribution < -0.4 is 9.64 Å². The molecule has 1 saturated heterocycles. The molecule has 3 aromatic rings. The van der Waals surface area contributed by atoms with Crippen molar-refractivity contribution in [2.24, 2.45) is 0 Å². The number of aryl methyl sites for hydroxylation is 2. The Morgan fingerprint density at radius 2 is 1.86 bits per heavy atom. The topological polar surface area (TPSA) is 62.7 Å². The Morgan fingerprint density at radius 3 is 2.52 bits per heavy atom. The van der Waals surface area contributed by atoms with Gasteiger partial charge in [-0.15, -0.1) is 22.7 Å². The third-order valence-electron chi connectivity index (χ3n) is 4.98. The SMILES string of the molecule is COc1cccc(N2CCN(S(=O)(=O)c3cc(-c4nc(C)cs4)sc3C)CC2)c1. The standard InChI is InChI=1S/C20H23N3O3S3/c1-14-13-27-20(21-14)18-12-19(15(2)28-18)29(24,25)23-9-7-22(8-10-23)16-5-4-6-17(11-16)26-3/h4-6,11-13H,7-10H2,1-3H3. The molecule has 1 aliphatic rings. The molecule has 0 aliphatic carbocycles. The normalized spacial score (nSPS) is 15.6. The first-order valence-electron chi connectivity index (χ1n) is 9.30. The van der Waals surface area contributed by atoms with Gasteiger partial charge in [0.15, 0.2) is 0 Å². The first-order valence-corrected chi connectivity index (χ1v) is 12.4. The lowest BCUT2D eigenvalue weighted by Gasteiger charge is -2.35. The molecule has 0 unspecified atom stereocenters.